The van der Waals surface area contributed by atoms with Gasteiger partial charge in [-0.25, -0.2) is 0 Å². The van der Waals surface area contributed by atoms with E-state index in [2.05, 4.69) is 0 Å². The van der Waals surface area contributed by atoms with Crippen LogP contribution in [0.25, 0.3) is 5.57 Å². The van der Waals surface area contributed by atoms with Crippen LogP contribution < -0.4 is 4.31 Å². The van der Waals surface area contributed by atoms with Crippen LogP contribution in [0, 0.1) is 11.3 Å². The van der Waals surface area contributed by atoms with Crippen molar-refractivity contribution >= 4 is 52.2 Å². The number of aliphatic hydroxyl groups is 1. The van der Waals surface area contributed by atoms with Gasteiger partial charge in [0.1, 0.15) is 0 Å². The van der Waals surface area contributed by atoms with Crippen LogP contribution in [0.1, 0.15) is 11.1 Å². The molecule has 0 unspecified atom stereocenters. The van der Waals surface area contributed by atoms with Crippen molar-refractivity contribution in [1.29, 1.82) is 5.26 Å². The number of carbonyl (C=O) groups is 1. The Hall–Kier alpha value is -2.13. The Bertz CT molecular complexity index is 888. The summed E-state index contributed by atoms with van der Waals surface area (Å²) in [6, 6.07) is 13.6. The summed E-state index contributed by atoms with van der Waals surface area (Å²) in [6.07, 6.45) is 0. The highest BCUT2D eigenvalue weighted by molar-refractivity contribution is 8.04. The van der Waals surface area contributed by atoms with Gasteiger partial charge in [-0.05, 0) is 36.4 Å². The third-order valence-corrected chi connectivity index (χ3v) is 4.89. The van der Waals surface area contributed by atoms with Gasteiger partial charge in [0.15, 0.2) is 10.9 Å². The molecule has 1 aliphatic rings. The Morgan fingerprint density at radius 1 is 1.12 bits per heavy atom. The third kappa shape index (κ3) is 3.22. The van der Waals surface area contributed by atoms with Crippen molar-refractivity contribution in [3.05, 3.63) is 68.7 Å². The second-order valence-corrected chi connectivity index (χ2v) is 6.89. The summed E-state index contributed by atoms with van der Waals surface area (Å²) in [4.78, 5) is 12.6. The van der Waals surface area contributed by atoms with E-state index in [1.165, 1.54) is 6.07 Å². The van der Waals surface area contributed by atoms with Crippen molar-refractivity contribution in [2.45, 2.75) is 0 Å². The summed E-state index contributed by atoms with van der Waals surface area (Å²) >= 11 is 12.8. The van der Waals surface area contributed by atoms with Gasteiger partial charge in [-0.1, -0.05) is 29.3 Å². The van der Waals surface area contributed by atoms with Crippen LogP contribution in [0.3, 0.4) is 0 Å². The maximum atomic E-state index is 12.6. The number of Topliss-reactive ketones (excluding diaryl/α,β-unsaturated/α-hetero) is 1. The standard InChI is InChI=1S/C17H10Cl2N2O2S/c18-11-1-4-13(5-2-11)21-9-15(22)16(17(23)24-21)14-6-3-12(19)7-10(14)8-20/h1-7,23H,9H2. The van der Waals surface area contributed by atoms with Crippen molar-refractivity contribution in [1.82, 2.24) is 0 Å². The number of hydrogen-bond acceptors (Lipinski definition) is 5. The molecule has 4 nitrogen and oxygen atoms in total. The highest BCUT2D eigenvalue weighted by Crippen LogP contribution is 2.38. The quantitative estimate of drug-likeness (QED) is 0.760. The Labute approximate surface area is 153 Å². The van der Waals surface area contributed by atoms with Gasteiger partial charge in [-0.15, -0.1) is 0 Å². The lowest BCUT2D eigenvalue weighted by molar-refractivity contribution is -0.112. The molecule has 0 amide bonds. The molecule has 0 saturated carbocycles. The van der Waals surface area contributed by atoms with Crippen LogP contribution in [0.5, 0.6) is 0 Å². The highest BCUT2D eigenvalue weighted by atomic mass is 35.5. The molecular formula is C17H10Cl2N2O2S. The van der Waals surface area contributed by atoms with Crippen LogP contribution in [0.15, 0.2) is 47.6 Å². The first-order valence-electron chi connectivity index (χ1n) is 6.87. The molecule has 24 heavy (non-hydrogen) atoms. The normalized spacial score (nSPS) is 14.7. The minimum atomic E-state index is -0.278. The molecule has 1 aliphatic heterocycles. The van der Waals surface area contributed by atoms with Crippen molar-refractivity contribution in [2.24, 2.45) is 0 Å². The first-order chi connectivity index (χ1) is 11.5. The van der Waals surface area contributed by atoms with E-state index < -0.39 is 0 Å². The molecule has 0 saturated heterocycles. The molecule has 1 heterocycles. The number of nitriles is 1. The monoisotopic (exact) mass is 376 g/mol. The van der Waals surface area contributed by atoms with Crippen LogP contribution in [0.2, 0.25) is 10.0 Å². The summed E-state index contributed by atoms with van der Waals surface area (Å²) < 4.78 is 1.67. The topological polar surface area (TPSA) is 64.3 Å². The minimum Gasteiger partial charge on any atom is -0.500 e. The van der Waals surface area contributed by atoms with E-state index >= 15 is 0 Å². The maximum Gasteiger partial charge on any atom is 0.188 e. The van der Waals surface area contributed by atoms with Crippen molar-refractivity contribution in [3.8, 4) is 6.07 Å². The van der Waals surface area contributed by atoms with Crippen molar-refractivity contribution in [2.75, 3.05) is 10.8 Å². The molecule has 0 bridgehead atoms. The molecule has 0 radical (unpaired) electrons. The number of aliphatic hydroxyl groups excluding tert-OH is 1. The third-order valence-electron chi connectivity index (χ3n) is 3.46. The summed E-state index contributed by atoms with van der Waals surface area (Å²) in [5, 5.41) is 20.5. The minimum absolute atomic E-state index is 0.0686. The first kappa shape index (κ1) is 16.7. The average molecular weight is 377 g/mol. The van der Waals surface area contributed by atoms with Crippen LogP contribution in [0.4, 0.5) is 5.69 Å². The van der Waals surface area contributed by atoms with E-state index in [0.717, 1.165) is 17.6 Å². The fourth-order valence-corrected chi connectivity index (χ4v) is 3.59. The van der Waals surface area contributed by atoms with Gasteiger partial charge in [0, 0.05) is 33.2 Å². The number of carbonyl (C=O) groups excluding carboxylic acids is 1. The van der Waals surface area contributed by atoms with Crippen LogP contribution in [-0.2, 0) is 4.79 Å². The van der Waals surface area contributed by atoms with Gasteiger partial charge in [0.25, 0.3) is 0 Å². The smallest absolute Gasteiger partial charge is 0.188 e. The summed E-state index contributed by atoms with van der Waals surface area (Å²) in [5.41, 5.74) is 1.52. The SMILES string of the molecule is N#Cc1cc(Cl)ccc1C1=C(O)SN(c2ccc(Cl)cc2)CC1=O. The second kappa shape index (κ2) is 6.78. The molecule has 3 rings (SSSR count). The average Bonchev–Trinajstić information content (AvgIpc) is 2.56. The summed E-state index contributed by atoms with van der Waals surface area (Å²) in [7, 11) is 0. The summed E-state index contributed by atoms with van der Waals surface area (Å²) in [5.74, 6) is -0.278. The Morgan fingerprint density at radius 2 is 1.79 bits per heavy atom. The predicted molar refractivity (Wildman–Crippen MR) is 97.1 cm³/mol. The molecule has 0 aromatic heterocycles. The lowest BCUT2D eigenvalue weighted by Crippen LogP contribution is -2.29. The molecule has 2 aromatic carbocycles. The number of anilines is 1. The Kier molecular flexibility index (Phi) is 4.72. The van der Waals surface area contributed by atoms with Crippen molar-refractivity contribution in [3.63, 3.8) is 0 Å². The molecule has 2 aromatic rings. The number of nitrogens with zero attached hydrogens (tertiary/aromatic N) is 2. The lowest BCUT2D eigenvalue weighted by Gasteiger charge is -2.28. The zero-order valence-corrected chi connectivity index (χ0v) is 14.5. The fourth-order valence-electron chi connectivity index (χ4n) is 2.35. The summed E-state index contributed by atoms with van der Waals surface area (Å²) in [6.45, 7) is 0.0686. The highest BCUT2D eigenvalue weighted by Gasteiger charge is 2.29. The van der Waals surface area contributed by atoms with Crippen LogP contribution in [-0.4, -0.2) is 17.4 Å². The van der Waals surface area contributed by atoms with Gasteiger partial charge in [-0.3, -0.25) is 4.79 Å². The van der Waals surface area contributed by atoms with E-state index in [1.807, 2.05) is 6.07 Å². The van der Waals surface area contributed by atoms with Crippen molar-refractivity contribution < 1.29 is 9.90 Å². The molecule has 0 fully saturated rings. The zero-order valence-electron chi connectivity index (χ0n) is 12.2. The largest absolute Gasteiger partial charge is 0.500 e. The molecular weight excluding hydrogens is 367 g/mol. The number of rotatable bonds is 2. The lowest BCUT2D eigenvalue weighted by atomic mass is 9.97. The van der Waals surface area contributed by atoms with Gasteiger partial charge in [0.2, 0.25) is 0 Å². The number of benzene rings is 2. The van der Waals surface area contributed by atoms with E-state index in [0.29, 0.717) is 15.6 Å². The molecule has 0 atom stereocenters. The zero-order chi connectivity index (χ0) is 17.3. The number of ketones is 1. The molecule has 120 valence electrons. The predicted octanol–water partition coefficient (Wildman–Crippen LogP) is 4.83. The molecule has 0 aliphatic carbocycles. The second-order valence-electron chi connectivity index (χ2n) is 5.01. The first-order valence-corrected chi connectivity index (χ1v) is 8.40. The van der Waals surface area contributed by atoms with E-state index in [9.17, 15) is 15.2 Å². The van der Waals surface area contributed by atoms with E-state index in [-0.39, 0.29) is 28.6 Å². The molecule has 7 heteroatoms. The number of hydrogen-bond donors (Lipinski definition) is 1. The number of halogens is 2. The Morgan fingerprint density at radius 3 is 2.42 bits per heavy atom. The van der Waals surface area contributed by atoms with Gasteiger partial charge in [-0.2, -0.15) is 5.26 Å². The molecule has 1 N–H and O–H groups in total. The van der Waals surface area contributed by atoms with E-state index in [1.54, 1.807) is 40.7 Å². The van der Waals surface area contributed by atoms with Crippen LogP contribution >= 0.6 is 35.1 Å². The fraction of sp³-hybridized carbons (Fsp3) is 0.0588. The maximum absolute atomic E-state index is 12.6. The molecule has 0 spiro atoms. The van der Waals surface area contributed by atoms with E-state index in [4.69, 9.17) is 23.2 Å². The Balaban J connectivity index is 1.99. The van der Waals surface area contributed by atoms with Gasteiger partial charge < -0.3 is 9.41 Å². The van der Waals surface area contributed by atoms with Gasteiger partial charge in [0.05, 0.1) is 23.8 Å². The van der Waals surface area contributed by atoms with Gasteiger partial charge >= 0.3 is 0 Å².